The fourth-order valence-electron chi connectivity index (χ4n) is 2.89. The van der Waals surface area contributed by atoms with Crippen LogP contribution in [0.3, 0.4) is 0 Å². The van der Waals surface area contributed by atoms with Gasteiger partial charge in [-0.1, -0.05) is 17.7 Å². The molecule has 0 saturated carbocycles. The summed E-state index contributed by atoms with van der Waals surface area (Å²) in [5.41, 5.74) is 1.04. The fourth-order valence-corrected chi connectivity index (χ4v) is 2.89. The molecule has 3 rings (SSSR count). The summed E-state index contributed by atoms with van der Waals surface area (Å²) in [5.74, 6) is -1.89. The number of aromatic nitrogens is 2. The lowest BCUT2D eigenvalue weighted by Gasteiger charge is -2.19. The predicted octanol–water partition coefficient (Wildman–Crippen LogP) is 2.00. The monoisotopic (exact) mass is 370 g/mol. The Bertz CT molecular complexity index is 885. The van der Waals surface area contributed by atoms with Crippen molar-refractivity contribution in [3.8, 4) is 0 Å². The van der Waals surface area contributed by atoms with Crippen molar-refractivity contribution in [3.05, 3.63) is 42.2 Å². The molecule has 0 bridgehead atoms. The Balaban J connectivity index is 1.67. The van der Waals surface area contributed by atoms with E-state index >= 15 is 0 Å². The zero-order chi connectivity index (χ0) is 19.8. The van der Waals surface area contributed by atoms with E-state index in [0.29, 0.717) is 12.2 Å². The van der Waals surface area contributed by atoms with Gasteiger partial charge in [-0.05, 0) is 32.9 Å². The van der Waals surface area contributed by atoms with Crippen molar-refractivity contribution in [2.45, 2.75) is 32.7 Å². The lowest BCUT2D eigenvalue weighted by Crippen LogP contribution is -2.36. The summed E-state index contributed by atoms with van der Waals surface area (Å²) < 4.78 is 1.28. The van der Waals surface area contributed by atoms with Gasteiger partial charge in [0.05, 0.1) is 17.8 Å². The van der Waals surface area contributed by atoms with E-state index in [9.17, 15) is 19.5 Å². The molecule has 0 aliphatic carbocycles. The molecule has 1 aromatic carbocycles. The minimum absolute atomic E-state index is 0.0956. The number of carboxylic acids is 1. The second-order valence-electron chi connectivity index (χ2n) is 7.27. The number of carbonyl (C=O) groups excluding carboxylic acids is 2. The molecule has 1 aromatic heterocycles. The van der Waals surface area contributed by atoms with Gasteiger partial charge in [0, 0.05) is 24.8 Å². The van der Waals surface area contributed by atoms with Gasteiger partial charge in [-0.15, -0.1) is 0 Å². The molecule has 1 unspecified atom stereocenters. The molecule has 1 aliphatic rings. The summed E-state index contributed by atoms with van der Waals surface area (Å²) in [5, 5.41) is 16.0. The van der Waals surface area contributed by atoms with Gasteiger partial charge in [0.2, 0.25) is 11.8 Å². The van der Waals surface area contributed by atoms with Crippen molar-refractivity contribution < 1.29 is 19.5 Å². The van der Waals surface area contributed by atoms with Crippen LogP contribution in [0.5, 0.6) is 0 Å². The molecule has 27 heavy (non-hydrogen) atoms. The number of amides is 2. The molecule has 2 amide bonds. The molecular formula is C19H22N4O4. The van der Waals surface area contributed by atoms with Crippen molar-refractivity contribution in [1.82, 2.24) is 9.78 Å². The number of carboxylic acid groups (broad SMARTS) is 1. The van der Waals surface area contributed by atoms with Crippen LogP contribution in [0.15, 0.2) is 36.7 Å². The number of benzene rings is 1. The lowest BCUT2D eigenvalue weighted by atomic mass is 10.1. The molecule has 8 nitrogen and oxygen atoms in total. The minimum Gasteiger partial charge on any atom is -0.479 e. The summed E-state index contributed by atoms with van der Waals surface area (Å²) >= 11 is 0. The fraction of sp³-hybridized carbons (Fsp3) is 0.368. The van der Waals surface area contributed by atoms with Gasteiger partial charge in [0.1, 0.15) is 0 Å². The maximum atomic E-state index is 12.5. The maximum Gasteiger partial charge on any atom is 0.331 e. The number of nitrogens with one attached hydrogen (secondary N) is 1. The van der Waals surface area contributed by atoms with E-state index in [2.05, 4.69) is 10.4 Å². The van der Waals surface area contributed by atoms with E-state index in [0.717, 1.165) is 11.3 Å². The Morgan fingerprint density at radius 2 is 1.93 bits per heavy atom. The Labute approximate surface area is 156 Å². The molecule has 1 aliphatic heterocycles. The van der Waals surface area contributed by atoms with Crippen LogP contribution >= 0.6 is 0 Å². The lowest BCUT2D eigenvalue weighted by molar-refractivity contribution is -0.146. The summed E-state index contributed by atoms with van der Waals surface area (Å²) in [7, 11) is 0. The van der Waals surface area contributed by atoms with Gasteiger partial charge < -0.3 is 15.3 Å². The quantitative estimate of drug-likeness (QED) is 0.838. The first kappa shape index (κ1) is 18.6. The van der Waals surface area contributed by atoms with Crippen molar-refractivity contribution in [2.24, 2.45) is 5.92 Å². The van der Waals surface area contributed by atoms with Crippen molar-refractivity contribution in [1.29, 1.82) is 0 Å². The maximum absolute atomic E-state index is 12.5. The Morgan fingerprint density at radius 1 is 1.26 bits per heavy atom. The largest absolute Gasteiger partial charge is 0.479 e. The first-order valence-corrected chi connectivity index (χ1v) is 8.65. The number of carbonyl (C=O) groups is 3. The van der Waals surface area contributed by atoms with Crippen LogP contribution in [0, 0.1) is 12.8 Å². The van der Waals surface area contributed by atoms with Crippen LogP contribution in [0.2, 0.25) is 0 Å². The standard InChI is InChI=1S/C19H22N4O4/c1-12-4-6-15(7-5-12)22-10-13(8-16(22)24)17(25)21-14-9-20-23(11-14)19(2,3)18(26)27/h4-7,9,11,13H,8,10H2,1-3H3,(H,21,25)(H,26,27). The van der Waals surface area contributed by atoms with E-state index < -0.39 is 17.4 Å². The molecule has 1 saturated heterocycles. The Morgan fingerprint density at radius 3 is 2.56 bits per heavy atom. The van der Waals surface area contributed by atoms with Crippen molar-refractivity contribution in [3.63, 3.8) is 0 Å². The van der Waals surface area contributed by atoms with Gasteiger partial charge in [-0.2, -0.15) is 5.10 Å². The second kappa shape index (κ2) is 6.86. The van der Waals surface area contributed by atoms with E-state index in [-0.39, 0.29) is 18.2 Å². The van der Waals surface area contributed by atoms with Gasteiger partial charge in [-0.25, -0.2) is 4.79 Å². The molecule has 142 valence electrons. The number of aryl methyl sites for hydroxylation is 1. The van der Waals surface area contributed by atoms with Gasteiger partial charge in [0.25, 0.3) is 0 Å². The molecule has 8 heteroatoms. The average Bonchev–Trinajstić information content (AvgIpc) is 3.23. The third-order valence-corrected chi connectivity index (χ3v) is 4.79. The first-order chi connectivity index (χ1) is 12.7. The highest BCUT2D eigenvalue weighted by Gasteiger charge is 2.35. The predicted molar refractivity (Wildman–Crippen MR) is 99.5 cm³/mol. The zero-order valence-electron chi connectivity index (χ0n) is 15.5. The third kappa shape index (κ3) is 3.69. The number of hydrogen-bond donors (Lipinski definition) is 2. The summed E-state index contributed by atoms with van der Waals surface area (Å²) in [6, 6.07) is 7.58. The highest BCUT2D eigenvalue weighted by molar-refractivity contribution is 6.03. The molecule has 2 heterocycles. The Kier molecular flexibility index (Phi) is 4.73. The normalized spacial score (nSPS) is 17.2. The van der Waals surface area contributed by atoms with E-state index in [1.54, 1.807) is 4.90 Å². The van der Waals surface area contributed by atoms with E-state index in [1.807, 2.05) is 31.2 Å². The van der Waals surface area contributed by atoms with Crippen LogP contribution < -0.4 is 10.2 Å². The summed E-state index contributed by atoms with van der Waals surface area (Å²) in [4.78, 5) is 37.8. The number of hydrogen-bond acceptors (Lipinski definition) is 4. The second-order valence-corrected chi connectivity index (χ2v) is 7.27. The average molecular weight is 370 g/mol. The first-order valence-electron chi connectivity index (χ1n) is 8.65. The summed E-state index contributed by atoms with van der Waals surface area (Å²) in [6.45, 7) is 5.31. The number of nitrogens with zero attached hydrogens (tertiary/aromatic N) is 3. The number of anilines is 2. The third-order valence-electron chi connectivity index (χ3n) is 4.79. The Hall–Kier alpha value is -3.16. The van der Waals surface area contributed by atoms with Gasteiger partial charge >= 0.3 is 5.97 Å². The SMILES string of the molecule is Cc1ccc(N2CC(C(=O)Nc3cnn(C(C)(C)C(=O)O)c3)CC2=O)cc1. The molecule has 1 atom stereocenters. The van der Waals surface area contributed by atoms with Crippen LogP contribution in [0.1, 0.15) is 25.8 Å². The number of aliphatic carboxylic acids is 1. The van der Waals surface area contributed by atoms with Gasteiger partial charge in [-0.3, -0.25) is 14.3 Å². The zero-order valence-corrected chi connectivity index (χ0v) is 15.5. The van der Waals surface area contributed by atoms with Crippen molar-refractivity contribution >= 4 is 29.2 Å². The van der Waals surface area contributed by atoms with E-state index in [4.69, 9.17) is 0 Å². The van der Waals surface area contributed by atoms with Crippen LogP contribution in [0.25, 0.3) is 0 Å². The topological polar surface area (TPSA) is 105 Å². The molecule has 0 spiro atoms. The van der Waals surface area contributed by atoms with E-state index in [1.165, 1.54) is 30.9 Å². The van der Waals surface area contributed by atoms with Crippen LogP contribution in [-0.2, 0) is 19.9 Å². The molecule has 2 N–H and O–H groups in total. The van der Waals surface area contributed by atoms with Crippen LogP contribution in [-0.4, -0.2) is 39.2 Å². The smallest absolute Gasteiger partial charge is 0.331 e. The molecule has 2 aromatic rings. The summed E-state index contributed by atoms with van der Waals surface area (Å²) in [6.07, 6.45) is 3.01. The van der Waals surface area contributed by atoms with Crippen LogP contribution in [0.4, 0.5) is 11.4 Å². The number of rotatable bonds is 5. The van der Waals surface area contributed by atoms with Gasteiger partial charge in [0.15, 0.2) is 5.54 Å². The molecule has 0 radical (unpaired) electrons. The molecule has 1 fully saturated rings. The molecular weight excluding hydrogens is 348 g/mol. The highest BCUT2D eigenvalue weighted by Crippen LogP contribution is 2.26. The highest BCUT2D eigenvalue weighted by atomic mass is 16.4. The van der Waals surface area contributed by atoms with Crippen molar-refractivity contribution in [2.75, 3.05) is 16.8 Å². The minimum atomic E-state index is -1.23.